The Morgan fingerprint density at radius 1 is 1.32 bits per heavy atom. The van der Waals surface area contributed by atoms with E-state index in [0.29, 0.717) is 5.39 Å². The van der Waals surface area contributed by atoms with Gasteiger partial charge in [-0.15, -0.1) is 11.3 Å². The number of aromatic nitrogens is 2. The van der Waals surface area contributed by atoms with Gasteiger partial charge in [0.05, 0.1) is 11.5 Å². The second-order valence-corrected chi connectivity index (χ2v) is 8.27. The predicted octanol–water partition coefficient (Wildman–Crippen LogP) is 4.32. The lowest BCUT2D eigenvalue weighted by atomic mass is 10.1. The van der Waals surface area contributed by atoms with Crippen LogP contribution in [0.3, 0.4) is 0 Å². The lowest BCUT2D eigenvalue weighted by Gasteiger charge is -2.22. The SMILES string of the molecule is Cn1c(SCC2CCCCO2)nc2sc(-c3ccccc3)cc2c1=O. The highest BCUT2D eigenvalue weighted by Crippen LogP contribution is 2.32. The minimum absolute atomic E-state index is 0.0236. The van der Waals surface area contributed by atoms with Gasteiger partial charge in [0.2, 0.25) is 0 Å². The van der Waals surface area contributed by atoms with Crippen molar-refractivity contribution in [2.24, 2.45) is 7.05 Å². The minimum Gasteiger partial charge on any atom is -0.377 e. The van der Waals surface area contributed by atoms with Crippen molar-refractivity contribution >= 4 is 33.3 Å². The monoisotopic (exact) mass is 372 g/mol. The van der Waals surface area contributed by atoms with Crippen LogP contribution in [0.2, 0.25) is 0 Å². The van der Waals surface area contributed by atoms with Gasteiger partial charge in [0.1, 0.15) is 4.83 Å². The maximum atomic E-state index is 12.7. The molecule has 2 aromatic heterocycles. The van der Waals surface area contributed by atoms with Crippen molar-refractivity contribution in [3.63, 3.8) is 0 Å². The van der Waals surface area contributed by atoms with Gasteiger partial charge < -0.3 is 4.74 Å². The third-order valence-corrected chi connectivity index (χ3v) is 6.70. The van der Waals surface area contributed by atoms with Crippen LogP contribution in [0.25, 0.3) is 20.7 Å². The molecule has 25 heavy (non-hydrogen) atoms. The van der Waals surface area contributed by atoms with Gasteiger partial charge in [-0.3, -0.25) is 9.36 Å². The van der Waals surface area contributed by atoms with Gasteiger partial charge in [0, 0.05) is 24.3 Å². The molecule has 0 aliphatic carbocycles. The van der Waals surface area contributed by atoms with Crippen LogP contribution in [0.15, 0.2) is 46.3 Å². The number of nitrogens with zero attached hydrogens (tertiary/aromatic N) is 2. The first-order valence-electron chi connectivity index (χ1n) is 8.53. The van der Waals surface area contributed by atoms with E-state index >= 15 is 0 Å². The van der Waals surface area contributed by atoms with E-state index in [4.69, 9.17) is 9.72 Å². The molecule has 3 aromatic rings. The molecule has 1 atom stereocenters. The van der Waals surface area contributed by atoms with Crippen LogP contribution in [0.4, 0.5) is 0 Å². The predicted molar refractivity (Wildman–Crippen MR) is 105 cm³/mol. The number of thioether (sulfide) groups is 1. The van der Waals surface area contributed by atoms with E-state index < -0.39 is 0 Å². The second-order valence-electron chi connectivity index (χ2n) is 6.25. The summed E-state index contributed by atoms with van der Waals surface area (Å²) in [6, 6.07) is 12.1. The van der Waals surface area contributed by atoms with Crippen LogP contribution in [0, 0.1) is 0 Å². The summed E-state index contributed by atoms with van der Waals surface area (Å²) in [6.45, 7) is 0.849. The molecule has 0 amide bonds. The van der Waals surface area contributed by atoms with E-state index in [0.717, 1.165) is 45.6 Å². The molecule has 1 saturated heterocycles. The number of ether oxygens (including phenoxy) is 1. The summed E-state index contributed by atoms with van der Waals surface area (Å²) in [6.07, 6.45) is 3.75. The maximum absolute atomic E-state index is 12.7. The first-order valence-corrected chi connectivity index (χ1v) is 10.3. The molecular weight excluding hydrogens is 352 g/mol. The Balaban J connectivity index is 1.64. The van der Waals surface area contributed by atoms with Crippen LogP contribution in [0.1, 0.15) is 19.3 Å². The average Bonchev–Trinajstić information content (AvgIpc) is 3.09. The summed E-state index contributed by atoms with van der Waals surface area (Å²) < 4.78 is 7.45. The third-order valence-electron chi connectivity index (χ3n) is 4.46. The number of hydrogen-bond acceptors (Lipinski definition) is 5. The number of fused-ring (bicyclic) bond motifs is 1. The van der Waals surface area contributed by atoms with Gasteiger partial charge in [0.15, 0.2) is 5.16 Å². The molecule has 1 fully saturated rings. The molecule has 1 aromatic carbocycles. The molecule has 4 nitrogen and oxygen atoms in total. The minimum atomic E-state index is 0.0236. The first-order chi connectivity index (χ1) is 12.2. The zero-order valence-corrected chi connectivity index (χ0v) is 15.7. The van der Waals surface area contributed by atoms with E-state index in [9.17, 15) is 4.79 Å². The van der Waals surface area contributed by atoms with Crippen molar-refractivity contribution in [3.8, 4) is 10.4 Å². The largest absolute Gasteiger partial charge is 0.377 e. The highest BCUT2D eigenvalue weighted by atomic mass is 32.2. The normalized spacial score (nSPS) is 17.9. The maximum Gasteiger partial charge on any atom is 0.262 e. The van der Waals surface area contributed by atoms with Crippen molar-refractivity contribution < 1.29 is 4.74 Å². The molecule has 1 unspecified atom stereocenters. The van der Waals surface area contributed by atoms with E-state index in [-0.39, 0.29) is 11.7 Å². The Morgan fingerprint density at radius 3 is 2.92 bits per heavy atom. The van der Waals surface area contributed by atoms with Crippen LogP contribution >= 0.6 is 23.1 Å². The van der Waals surface area contributed by atoms with E-state index in [2.05, 4.69) is 12.1 Å². The Hall–Kier alpha value is -1.63. The quantitative estimate of drug-likeness (QED) is 0.505. The highest BCUT2D eigenvalue weighted by molar-refractivity contribution is 7.99. The molecule has 1 aliphatic rings. The zero-order chi connectivity index (χ0) is 17.2. The van der Waals surface area contributed by atoms with E-state index in [1.807, 2.05) is 24.3 Å². The summed E-state index contributed by atoms with van der Waals surface area (Å²) in [5.74, 6) is 0.850. The van der Waals surface area contributed by atoms with Crippen molar-refractivity contribution in [1.82, 2.24) is 9.55 Å². The lowest BCUT2D eigenvalue weighted by Crippen LogP contribution is -2.23. The third kappa shape index (κ3) is 3.52. The zero-order valence-electron chi connectivity index (χ0n) is 14.1. The standard InChI is InChI=1S/C19H20N2O2S2/c1-21-18(22)15-11-16(13-7-3-2-4-8-13)25-17(15)20-19(21)24-12-14-9-5-6-10-23-14/h2-4,7-8,11,14H,5-6,9-10,12H2,1H3. The van der Waals surface area contributed by atoms with Crippen LogP contribution < -0.4 is 5.56 Å². The van der Waals surface area contributed by atoms with Crippen molar-refractivity contribution in [1.29, 1.82) is 0 Å². The Bertz CT molecular complexity index is 928. The topological polar surface area (TPSA) is 44.1 Å². The van der Waals surface area contributed by atoms with E-state index in [1.54, 1.807) is 34.7 Å². The number of benzene rings is 1. The fraction of sp³-hybridized carbons (Fsp3) is 0.368. The number of rotatable bonds is 4. The first kappa shape index (κ1) is 16.8. The Kier molecular flexibility index (Phi) is 4.92. The molecule has 1 aliphatic heterocycles. The van der Waals surface area contributed by atoms with Gasteiger partial charge in [-0.1, -0.05) is 42.1 Å². The molecule has 0 N–H and O–H groups in total. The fourth-order valence-corrected chi connectivity index (χ4v) is 5.14. The Labute approximate surface area is 154 Å². The van der Waals surface area contributed by atoms with Crippen molar-refractivity contribution in [2.75, 3.05) is 12.4 Å². The molecule has 130 valence electrons. The summed E-state index contributed by atoms with van der Waals surface area (Å²) in [5.41, 5.74) is 1.15. The van der Waals surface area contributed by atoms with Crippen LogP contribution in [0.5, 0.6) is 0 Å². The van der Waals surface area contributed by atoms with Crippen LogP contribution in [-0.4, -0.2) is 28.0 Å². The summed E-state index contributed by atoms with van der Waals surface area (Å²) in [5, 5.41) is 1.47. The lowest BCUT2D eigenvalue weighted by molar-refractivity contribution is 0.0315. The fourth-order valence-electron chi connectivity index (χ4n) is 3.03. The van der Waals surface area contributed by atoms with Gasteiger partial charge in [-0.25, -0.2) is 4.98 Å². The molecule has 0 saturated carbocycles. The van der Waals surface area contributed by atoms with Crippen molar-refractivity contribution in [3.05, 3.63) is 46.8 Å². The number of thiophene rings is 1. The Morgan fingerprint density at radius 2 is 2.16 bits per heavy atom. The number of hydrogen-bond donors (Lipinski definition) is 0. The van der Waals surface area contributed by atoms with Crippen molar-refractivity contribution in [2.45, 2.75) is 30.5 Å². The molecule has 6 heteroatoms. The van der Waals surface area contributed by atoms with Crippen LogP contribution in [-0.2, 0) is 11.8 Å². The molecule has 4 rings (SSSR count). The summed E-state index contributed by atoms with van der Waals surface area (Å²) in [7, 11) is 1.80. The summed E-state index contributed by atoms with van der Waals surface area (Å²) in [4.78, 5) is 19.4. The second kappa shape index (κ2) is 7.32. The smallest absolute Gasteiger partial charge is 0.262 e. The molecule has 3 heterocycles. The van der Waals surface area contributed by atoms with Gasteiger partial charge >= 0.3 is 0 Å². The van der Waals surface area contributed by atoms with E-state index in [1.165, 1.54) is 6.42 Å². The van der Waals surface area contributed by atoms with Gasteiger partial charge in [-0.2, -0.15) is 0 Å². The highest BCUT2D eigenvalue weighted by Gasteiger charge is 2.17. The van der Waals surface area contributed by atoms with Gasteiger partial charge in [0.25, 0.3) is 5.56 Å². The molecular formula is C19H20N2O2S2. The molecule has 0 bridgehead atoms. The molecule has 0 radical (unpaired) electrons. The summed E-state index contributed by atoms with van der Waals surface area (Å²) >= 11 is 3.20. The molecule has 0 spiro atoms. The average molecular weight is 373 g/mol. The van der Waals surface area contributed by atoms with Gasteiger partial charge in [-0.05, 0) is 30.9 Å².